The van der Waals surface area contributed by atoms with Gasteiger partial charge in [-0.3, -0.25) is 0 Å². The normalized spacial score (nSPS) is 14.7. The summed E-state index contributed by atoms with van der Waals surface area (Å²) in [6.07, 6.45) is 1.21. The average Bonchev–Trinajstić information content (AvgIpc) is 2.41. The van der Waals surface area contributed by atoms with E-state index >= 15 is 0 Å². The number of aliphatic hydroxyl groups excluding tert-OH is 1. The van der Waals surface area contributed by atoms with E-state index in [1.807, 2.05) is 12.1 Å². The summed E-state index contributed by atoms with van der Waals surface area (Å²) in [4.78, 5) is 2.36. The Kier molecular flexibility index (Phi) is 7.16. The third kappa shape index (κ3) is 4.64. The molecule has 2 nitrogen and oxygen atoms in total. The molecule has 4 heteroatoms. The predicted molar refractivity (Wildman–Crippen MR) is 83.0 cm³/mol. The molecular formula is C15H23Cl2NO. The number of halogens is 2. The van der Waals surface area contributed by atoms with Crippen LogP contribution in [0.25, 0.3) is 0 Å². The van der Waals surface area contributed by atoms with Crippen molar-refractivity contribution in [3.8, 4) is 0 Å². The minimum absolute atomic E-state index is 0.461. The molecule has 0 aliphatic heterocycles. The Morgan fingerprint density at radius 2 is 1.95 bits per heavy atom. The molecule has 0 bridgehead atoms. The monoisotopic (exact) mass is 303 g/mol. The van der Waals surface area contributed by atoms with Crippen molar-refractivity contribution in [3.05, 3.63) is 33.8 Å². The van der Waals surface area contributed by atoms with Crippen molar-refractivity contribution in [2.24, 2.45) is 0 Å². The highest BCUT2D eigenvalue weighted by Gasteiger charge is 2.16. The second-order valence-electron chi connectivity index (χ2n) is 4.83. The Morgan fingerprint density at radius 1 is 1.26 bits per heavy atom. The fourth-order valence-electron chi connectivity index (χ4n) is 2.17. The fraction of sp³-hybridized carbons (Fsp3) is 0.600. The van der Waals surface area contributed by atoms with Crippen LogP contribution in [0.15, 0.2) is 18.2 Å². The standard InChI is InChI=1S/C15H23Cl2NO/c1-4-11(3)18(5-2)10-9-14(19)12-7-6-8-13(16)15(12)17/h6-8,11,14,19H,4-5,9-10H2,1-3H3. The Morgan fingerprint density at radius 3 is 2.53 bits per heavy atom. The third-order valence-corrected chi connectivity index (χ3v) is 4.48. The quantitative estimate of drug-likeness (QED) is 0.799. The molecule has 2 unspecified atom stereocenters. The topological polar surface area (TPSA) is 23.5 Å². The van der Waals surface area contributed by atoms with Gasteiger partial charge in [0.05, 0.1) is 16.1 Å². The van der Waals surface area contributed by atoms with E-state index in [1.54, 1.807) is 6.07 Å². The van der Waals surface area contributed by atoms with Gasteiger partial charge in [-0.15, -0.1) is 0 Å². The van der Waals surface area contributed by atoms with Gasteiger partial charge in [0.2, 0.25) is 0 Å². The van der Waals surface area contributed by atoms with Gasteiger partial charge in [0, 0.05) is 18.2 Å². The highest BCUT2D eigenvalue weighted by atomic mass is 35.5. The maximum absolute atomic E-state index is 10.3. The van der Waals surface area contributed by atoms with Crippen molar-refractivity contribution in [1.82, 2.24) is 4.90 Å². The smallest absolute Gasteiger partial charge is 0.0817 e. The summed E-state index contributed by atoms with van der Waals surface area (Å²) in [5, 5.41) is 11.2. The third-order valence-electron chi connectivity index (χ3n) is 3.65. The van der Waals surface area contributed by atoms with Gasteiger partial charge in [0.15, 0.2) is 0 Å². The van der Waals surface area contributed by atoms with E-state index < -0.39 is 6.10 Å². The van der Waals surface area contributed by atoms with E-state index in [4.69, 9.17) is 23.2 Å². The molecule has 0 spiro atoms. The van der Waals surface area contributed by atoms with Gasteiger partial charge in [-0.05, 0) is 32.4 Å². The largest absolute Gasteiger partial charge is 0.388 e. The lowest BCUT2D eigenvalue weighted by Crippen LogP contribution is -2.34. The van der Waals surface area contributed by atoms with E-state index in [1.165, 1.54) is 0 Å². The zero-order chi connectivity index (χ0) is 14.4. The van der Waals surface area contributed by atoms with Crippen LogP contribution in [0.3, 0.4) is 0 Å². The lowest BCUT2D eigenvalue weighted by atomic mass is 10.1. The van der Waals surface area contributed by atoms with Crippen molar-refractivity contribution < 1.29 is 5.11 Å². The minimum Gasteiger partial charge on any atom is -0.388 e. The van der Waals surface area contributed by atoms with E-state index in [2.05, 4.69) is 25.7 Å². The Labute approximate surface area is 126 Å². The van der Waals surface area contributed by atoms with Crippen LogP contribution in [-0.4, -0.2) is 29.1 Å². The first-order valence-corrected chi connectivity index (χ1v) is 7.62. The van der Waals surface area contributed by atoms with Crippen molar-refractivity contribution in [3.63, 3.8) is 0 Å². The molecule has 0 heterocycles. The molecule has 0 aliphatic carbocycles. The van der Waals surface area contributed by atoms with Crippen molar-refractivity contribution in [2.75, 3.05) is 13.1 Å². The Bertz CT molecular complexity index is 398. The molecule has 0 saturated carbocycles. The Balaban J connectivity index is 2.64. The molecule has 0 radical (unpaired) electrons. The van der Waals surface area contributed by atoms with Crippen molar-refractivity contribution >= 4 is 23.2 Å². The average molecular weight is 304 g/mol. The van der Waals surface area contributed by atoms with E-state index in [0.29, 0.717) is 22.5 Å². The van der Waals surface area contributed by atoms with E-state index in [9.17, 15) is 5.11 Å². The SMILES string of the molecule is CCC(C)N(CC)CCC(O)c1cccc(Cl)c1Cl. The van der Waals surface area contributed by atoms with Gasteiger partial charge < -0.3 is 10.0 Å². The lowest BCUT2D eigenvalue weighted by Gasteiger charge is -2.28. The molecule has 1 N–H and O–H groups in total. The molecule has 0 amide bonds. The highest BCUT2D eigenvalue weighted by molar-refractivity contribution is 6.42. The first kappa shape index (κ1) is 16.8. The first-order valence-electron chi connectivity index (χ1n) is 6.87. The second kappa shape index (κ2) is 8.11. The molecule has 2 atom stereocenters. The van der Waals surface area contributed by atoms with Gasteiger partial charge in [-0.1, -0.05) is 49.2 Å². The molecule has 1 rings (SSSR count). The highest BCUT2D eigenvalue weighted by Crippen LogP contribution is 2.31. The van der Waals surface area contributed by atoms with Gasteiger partial charge in [-0.2, -0.15) is 0 Å². The molecular weight excluding hydrogens is 281 g/mol. The summed E-state index contributed by atoms with van der Waals surface area (Å²) >= 11 is 12.1. The van der Waals surface area contributed by atoms with Gasteiger partial charge in [0.1, 0.15) is 0 Å². The van der Waals surface area contributed by atoms with Crippen LogP contribution in [0.2, 0.25) is 10.0 Å². The zero-order valence-electron chi connectivity index (χ0n) is 11.9. The summed E-state index contributed by atoms with van der Waals surface area (Å²) in [6.45, 7) is 8.38. The summed E-state index contributed by atoms with van der Waals surface area (Å²) in [6, 6.07) is 5.92. The van der Waals surface area contributed by atoms with Gasteiger partial charge in [-0.25, -0.2) is 0 Å². The molecule has 0 fully saturated rings. The maximum Gasteiger partial charge on any atom is 0.0817 e. The van der Waals surface area contributed by atoms with E-state index in [0.717, 1.165) is 25.1 Å². The number of aliphatic hydroxyl groups is 1. The maximum atomic E-state index is 10.3. The molecule has 0 saturated heterocycles. The van der Waals surface area contributed by atoms with Gasteiger partial charge >= 0.3 is 0 Å². The predicted octanol–water partition coefficient (Wildman–Crippen LogP) is 4.54. The second-order valence-corrected chi connectivity index (χ2v) is 5.62. The number of rotatable bonds is 7. The summed E-state index contributed by atoms with van der Waals surface area (Å²) in [5.41, 5.74) is 0.717. The number of hydrogen-bond acceptors (Lipinski definition) is 2. The lowest BCUT2D eigenvalue weighted by molar-refractivity contribution is 0.128. The zero-order valence-corrected chi connectivity index (χ0v) is 13.4. The summed E-state index contributed by atoms with van der Waals surface area (Å²) in [5.74, 6) is 0. The van der Waals surface area contributed by atoms with Crippen molar-refractivity contribution in [1.29, 1.82) is 0 Å². The van der Waals surface area contributed by atoms with E-state index in [-0.39, 0.29) is 0 Å². The fourth-order valence-corrected chi connectivity index (χ4v) is 2.60. The molecule has 1 aromatic carbocycles. The van der Waals surface area contributed by atoms with Crippen LogP contribution < -0.4 is 0 Å². The molecule has 0 aromatic heterocycles. The van der Waals surface area contributed by atoms with Crippen LogP contribution in [-0.2, 0) is 0 Å². The number of nitrogens with zero attached hydrogens (tertiary/aromatic N) is 1. The van der Waals surface area contributed by atoms with Crippen LogP contribution >= 0.6 is 23.2 Å². The first-order chi connectivity index (χ1) is 9.01. The Hall–Kier alpha value is -0.280. The molecule has 19 heavy (non-hydrogen) atoms. The van der Waals surface area contributed by atoms with Gasteiger partial charge in [0.25, 0.3) is 0 Å². The number of benzene rings is 1. The van der Waals surface area contributed by atoms with Crippen LogP contribution in [0.4, 0.5) is 0 Å². The summed E-state index contributed by atoms with van der Waals surface area (Å²) in [7, 11) is 0. The number of hydrogen-bond donors (Lipinski definition) is 1. The molecule has 108 valence electrons. The van der Waals surface area contributed by atoms with Crippen LogP contribution in [0.1, 0.15) is 45.3 Å². The van der Waals surface area contributed by atoms with Crippen LogP contribution in [0.5, 0.6) is 0 Å². The van der Waals surface area contributed by atoms with Crippen molar-refractivity contribution in [2.45, 2.75) is 45.8 Å². The summed E-state index contributed by atoms with van der Waals surface area (Å²) < 4.78 is 0. The minimum atomic E-state index is -0.565. The van der Waals surface area contributed by atoms with Crippen LogP contribution in [0, 0.1) is 0 Å². The molecule has 1 aromatic rings. The molecule has 0 aliphatic rings.